The first-order valence-electron chi connectivity index (χ1n) is 6.15. The van der Waals surface area contributed by atoms with Crippen molar-refractivity contribution >= 4 is 42.3 Å². The Bertz CT molecular complexity index is 469. The first kappa shape index (κ1) is 21.9. The standard InChI is InChI=1S/C13H20N4O2.2ClH/c1-8(2)12(14)13(19)16-7-11(18)17-10-4-9(3)5-15-6-10;;/h4-6,8,12H,7,14H2,1-3H3,(H,16,19)(H,17,18);2*1H/t12-;;/m0../s1. The van der Waals surface area contributed by atoms with E-state index < -0.39 is 6.04 Å². The number of carbonyl (C=O) groups is 2. The summed E-state index contributed by atoms with van der Waals surface area (Å²) in [5.41, 5.74) is 7.22. The maximum absolute atomic E-state index is 11.6. The van der Waals surface area contributed by atoms with E-state index in [-0.39, 0.29) is 49.1 Å². The number of carbonyl (C=O) groups excluding carboxylic acids is 2. The Balaban J connectivity index is 0. The number of anilines is 1. The molecule has 0 spiro atoms. The maximum atomic E-state index is 11.6. The molecule has 1 heterocycles. The van der Waals surface area contributed by atoms with E-state index in [0.29, 0.717) is 5.69 Å². The van der Waals surface area contributed by atoms with Crippen molar-refractivity contribution in [2.45, 2.75) is 26.8 Å². The second-order valence-corrected chi connectivity index (χ2v) is 4.79. The Hall–Kier alpha value is -1.37. The number of aryl methyl sites for hydroxylation is 1. The SMILES string of the molecule is Cc1cncc(NC(=O)CNC(=O)[C@@H](N)C(C)C)c1.Cl.Cl. The zero-order chi connectivity index (χ0) is 14.4. The van der Waals surface area contributed by atoms with Gasteiger partial charge in [-0.1, -0.05) is 13.8 Å². The topological polar surface area (TPSA) is 97.1 Å². The summed E-state index contributed by atoms with van der Waals surface area (Å²) in [4.78, 5) is 27.2. The zero-order valence-electron chi connectivity index (χ0n) is 12.3. The third kappa shape index (κ3) is 7.84. The number of amides is 2. The van der Waals surface area contributed by atoms with E-state index in [1.807, 2.05) is 20.8 Å². The van der Waals surface area contributed by atoms with Gasteiger partial charge in [-0.25, -0.2) is 0 Å². The molecule has 0 aliphatic rings. The molecule has 1 rings (SSSR count). The summed E-state index contributed by atoms with van der Waals surface area (Å²) in [6, 6.07) is 1.19. The first-order valence-corrected chi connectivity index (χ1v) is 6.15. The van der Waals surface area contributed by atoms with E-state index in [1.54, 1.807) is 18.5 Å². The van der Waals surface area contributed by atoms with E-state index in [9.17, 15) is 9.59 Å². The molecule has 1 aromatic heterocycles. The summed E-state index contributed by atoms with van der Waals surface area (Å²) < 4.78 is 0. The van der Waals surface area contributed by atoms with Gasteiger partial charge in [-0.2, -0.15) is 0 Å². The molecule has 0 aromatic carbocycles. The van der Waals surface area contributed by atoms with Crippen LogP contribution in [0.15, 0.2) is 18.5 Å². The van der Waals surface area contributed by atoms with Gasteiger partial charge in [0.2, 0.25) is 11.8 Å². The summed E-state index contributed by atoms with van der Waals surface area (Å²) in [7, 11) is 0. The summed E-state index contributed by atoms with van der Waals surface area (Å²) >= 11 is 0. The van der Waals surface area contributed by atoms with E-state index in [1.165, 1.54) is 0 Å². The minimum Gasteiger partial charge on any atom is -0.346 e. The average Bonchev–Trinajstić information content (AvgIpc) is 2.34. The number of hydrogen-bond donors (Lipinski definition) is 3. The Morgan fingerprint density at radius 3 is 2.43 bits per heavy atom. The number of nitrogens with one attached hydrogen (secondary N) is 2. The highest BCUT2D eigenvalue weighted by molar-refractivity contribution is 5.95. The number of rotatable bonds is 5. The Labute approximate surface area is 137 Å². The molecule has 0 saturated heterocycles. The third-order valence-electron chi connectivity index (χ3n) is 2.60. The predicted molar refractivity (Wildman–Crippen MR) is 87.9 cm³/mol. The highest BCUT2D eigenvalue weighted by Crippen LogP contribution is 2.06. The highest BCUT2D eigenvalue weighted by atomic mass is 35.5. The van der Waals surface area contributed by atoms with Gasteiger partial charge in [0.1, 0.15) is 0 Å². The predicted octanol–water partition coefficient (Wildman–Crippen LogP) is 1.27. The number of nitrogens with zero attached hydrogens (tertiary/aromatic N) is 1. The lowest BCUT2D eigenvalue weighted by molar-refractivity contribution is -0.125. The molecule has 0 bridgehead atoms. The molecule has 2 amide bonds. The fraction of sp³-hybridized carbons (Fsp3) is 0.462. The molecule has 21 heavy (non-hydrogen) atoms. The van der Waals surface area contributed by atoms with Crippen LogP contribution < -0.4 is 16.4 Å². The summed E-state index contributed by atoms with van der Waals surface area (Å²) in [5.74, 6) is -0.603. The molecule has 120 valence electrons. The van der Waals surface area contributed by atoms with E-state index >= 15 is 0 Å². The minimum absolute atomic E-state index is 0. The van der Waals surface area contributed by atoms with Crippen LogP contribution in [0.4, 0.5) is 5.69 Å². The van der Waals surface area contributed by atoms with Gasteiger partial charge in [-0.15, -0.1) is 24.8 Å². The van der Waals surface area contributed by atoms with Crippen LogP contribution in [0.1, 0.15) is 19.4 Å². The monoisotopic (exact) mass is 336 g/mol. The molecule has 0 unspecified atom stereocenters. The average molecular weight is 337 g/mol. The molecule has 8 heteroatoms. The van der Waals surface area contributed by atoms with Crippen LogP contribution in [0.25, 0.3) is 0 Å². The van der Waals surface area contributed by atoms with Gasteiger partial charge >= 0.3 is 0 Å². The quantitative estimate of drug-likeness (QED) is 0.754. The minimum atomic E-state index is -0.603. The Morgan fingerprint density at radius 2 is 1.90 bits per heavy atom. The van der Waals surface area contributed by atoms with Crippen molar-refractivity contribution in [3.8, 4) is 0 Å². The van der Waals surface area contributed by atoms with Crippen molar-refractivity contribution in [1.82, 2.24) is 10.3 Å². The second kappa shape index (κ2) is 10.4. The largest absolute Gasteiger partial charge is 0.346 e. The maximum Gasteiger partial charge on any atom is 0.243 e. The number of halogens is 2. The highest BCUT2D eigenvalue weighted by Gasteiger charge is 2.17. The number of hydrogen-bond acceptors (Lipinski definition) is 4. The summed E-state index contributed by atoms with van der Waals surface area (Å²) in [6.07, 6.45) is 3.24. The van der Waals surface area contributed by atoms with Crippen molar-refractivity contribution < 1.29 is 9.59 Å². The number of aromatic nitrogens is 1. The van der Waals surface area contributed by atoms with Crippen LogP contribution >= 0.6 is 24.8 Å². The van der Waals surface area contributed by atoms with Crippen molar-refractivity contribution in [1.29, 1.82) is 0 Å². The number of pyridine rings is 1. The normalized spacial score (nSPS) is 10.9. The molecule has 1 aromatic rings. The lowest BCUT2D eigenvalue weighted by Gasteiger charge is -2.15. The Morgan fingerprint density at radius 1 is 1.29 bits per heavy atom. The molecular formula is C13H22Cl2N4O2. The molecule has 0 radical (unpaired) electrons. The van der Waals surface area contributed by atoms with E-state index in [4.69, 9.17) is 5.73 Å². The fourth-order valence-corrected chi connectivity index (χ4v) is 1.42. The first-order chi connectivity index (χ1) is 8.90. The van der Waals surface area contributed by atoms with Crippen LogP contribution in [-0.2, 0) is 9.59 Å². The number of nitrogens with two attached hydrogens (primary N) is 1. The molecule has 6 nitrogen and oxygen atoms in total. The van der Waals surface area contributed by atoms with Gasteiger partial charge in [-0.05, 0) is 24.5 Å². The second-order valence-electron chi connectivity index (χ2n) is 4.79. The van der Waals surface area contributed by atoms with Crippen molar-refractivity contribution in [3.63, 3.8) is 0 Å². The van der Waals surface area contributed by atoms with Crippen molar-refractivity contribution in [2.24, 2.45) is 11.7 Å². The van der Waals surface area contributed by atoms with Crippen LogP contribution in [0.3, 0.4) is 0 Å². The zero-order valence-corrected chi connectivity index (χ0v) is 13.9. The fourth-order valence-electron chi connectivity index (χ4n) is 1.42. The molecule has 0 saturated carbocycles. The van der Waals surface area contributed by atoms with E-state index in [2.05, 4.69) is 15.6 Å². The van der Waals surface area contributed by atoms with Crippen molar-refractivity contribution in [2.75, 3.05) is 11.9 Å². The summed E-state index contributed by atoms with van der Waals surface area (Å²) in [6.45, 7) is 5.48. The third-order valence-corrected chi connectivity index (χ3v) is 2.60. The smallest absolute Gasteiger partial charge is 0.243 e. The molecule has 0 aliphatic carbocycles. The van der Waals surface area contributed by atoms with Gasteiger partial charge in [0.15, 0.2) is 0 Å². The molecule has 0 aliphatic heterocycles. The van der Waals surface area contributed by atoms with Crippen LogP contribution in [0, 0.1) is 12.8 Å². The van der Waals surface area contributed by atoms with E-state index in [0.717, 1.165) is 5.56 Å². The van der Waals surface area contributed by atoms with Crippen molar-refractivity contribution in [3.05, 3.63) is 24.0 Å². The van der Waals surface area contributed by atoms with Gasteiger partial charge in [-0.3, -0.25) is 14.6 Å². The lowest BCUT2D eigenvalue weighted by atomic mass is 10.1. The van der Waals surface area contributed by atoms with Gasteiger partial charge in [0, 0.05) is 6.20 Å². The van der Waals surface area contributed by atoms with Crippen LogP contribution in [-0.4, -0.2) is 29.4 Å². The molecule has 4 N–H and O–H groups in total. The lowest BCUT2D eigenvalue weighted by Crippen LogP contribution is -2.46. The van der Waals surface area contributed by atoms with Crippen LogP contribution in [0.2, 0.25) is 0 Å². The molecule has 0 fully saturated rings. The Kier molecular flexibility index (Phi) is 10.8. The van der Waals surface area contributed by atoms with Crippen LogP contribution in [0.5, 0.6) is 0 Å². The van der Waals surface area contributed by atoms with Gasteiger partial charge < -0.3 is 16.4 Å². The van der Waals surface area contributed by atoms with Gasteiger partial charge in [0.05, 0.1) is 24.5 Å². The van der Waals surface area contributed by atoms with Gasteiger partial charge in [0.25, 0.3) is 0 Å². The molecular weight excluding hydrogens is 315 g/mol. The molecule has 1 atom stereocenters. The summed E-state index contributed by atoms with van der Waals surface area (Å²) in [5, 5.41) is 5.15.